The lowest BCUT2D eigenvalue weighted by atomic mass is 10.1. The maximum Gasteiger partial charge on any atom is 0.113 e. The van der Waals surface area contributed by atoms with Crippen molar-refractivity contribution >= 4 is 33.5 Å². The zero-order valence-electron chi connectivity index (χ0n) is 15.6. The zero-order valence-corrected chi connectivity index (χ0v) is 16.3. The highest BCUT2D eigenvalue weighted by atomic mass is 35.5. The summed E-state index contributed by atoms with van der Waals surface area (Å²) in [5.41, 5.74) is 6.45. The molecule has 144 valence electrons. The molecular formula is C22H14ClN7. The third kappa shape index (κ3) is 2.67. The minimum absolute atomic E-state index is 0.667. The van der Waals surface area contributed by atoms with E-state index in [9.17, 15) is 0 Å². The molecule has 0 fully saturated rings. The highest BCUT2D eigenvalue weighted by Gasteiger charge is 2.13. The lowest BCUT2D eigenvalue weighted by molar-refractivity contribution is 0.824. The van der Waals surface area contributed by atoms with E-state index in [0.29, 0.717) is 5.02 Å². The number of aromatic amines is 1. The van der Waals surface area contributed by atoms with Gasteiger partial charge in [-0.2, -0.15) is 10.2 Å². The van der Waals surface area contributed by atoms with Gasteiger partial charge in [0.15, 0.2) is 0 Å². The summed E-state index contributed by atoms with van der Waals surface area (Å²) in [4.78, 5) is 0. The molecule has 0 atom stereocenters. The number of hydrogen-bond donors (Lipinski definition) is 1. The van der Waals surface area contributed by atoms with E-state index in [2.05, 4.69) is 31.7 Å². The van der Waals surface area contributed by atoms with Crippen LogP contribution in [0.25, 0.3) is 44.6 Å². The molecule has 0 saturated heterocycles. The number of halogens is 1. The lowest BCUT2D eigenvalue weighted by Gasteiger charge is -2.09. The minimum atomic E-state index is 0.667. The van der Waals surface area contributed by atoms with Crippen LogP contribution in [-0.4, -0.2) is 35.0 Å². The van der Waals surface area contributed by atoms with E-state index in [4.69, 9.17) is 11.6 Å². The van der Waals surface area contributed by atoms with Crippen molar-refractivity contribution in [3.05, 3.63) is 84.1 Å². The molecule has 0 aliphatic carbocycles. The van der Waals surface area contributed by atoms with Crippen molar-refractivity contribution < 1.29 is 0 Å². The van der Waals surface area contributed by atoms with Crippen LogP contribution in [0.2, 0.25) is 5.02 Å². The molecule has 0 radical (unpaired) electrons. The van der Waals surface area contributed by atoms with E-state index >= 15 is 0 Å². The smallest absolute Gasteiger partial charge is 0.113 e. The molecule has 3 heterocycles. The summed E-state index contributed by atoms with van der Waals surface area (Å²) in [5, 5.41) is 22.0. The van der Waals surface area contributed by atoms with Gasteiger partial charge in [-0.1, -0.05) is 28.9 Å². The first-order valence-electron chi connectivity index (χ1n) is 9.36. The van der Waals surface area contributed by atoms with Crippen LogP contribution < -0.4 is 0 Å². The normalized spacial score (nSPS) is 11.5. The van der Waals surface area contributed by atoms with Gasteiger partial charge in [0.05, 0.1) is 40.5 Å². The molecule has 0 aliphatic heterocycles. The van der Waals surface area contributed by atoms with Crippen LogP contribution in [0.5, 0.6) is 0 Å². The fourth-order valence-corrected chi connectivity index (χ4v) is 3.85. The van der Waals surface area contributed by atoms with Crippen molar-refractivity contribution in [2.45, 2.75) is 0 Å². The Bertz CT molecular complexity index is 1530. The Balaban J connectivity index is 1.50. The molecule has 30 heavy (non-hydrogen) atoms. The van der Waals surface area contributed by atoms with Gasteiger partial charge in [0.25, 0.3) is 0 Å². The first-order valence-corrected chi connectivity index (χ1v) is 9.73. The summed E-state index contributed by atoms with van der Waals surface area (Å²) >= 11 is 6.18. The molecule has 0 saturated carbocycles. The molecule has 0 aliphatic rings. The number of rotatable bonds is 3. The monoisotopic (exact) mass is 411 g/mol. The maximum atomic E-state index is 6.18. The van der Waals surface area contributed by atoms with E-state index in [0.717, 1.165) is 44.6 Å². The van der Waals surface area contributed by atoms with Crippen LogP contribution in [0, 0.1) is 0 Å². The predicted molar refractivity (Wildman–Crippen MR) is 116 cm³/mol. The summed E-state index contributed by atoms with van der Waals surface area (Å²) in [6, 6.07) is 21.7. The number of H-pyrrole nitrogens is 1. The topological polar surface area (TPSA) is 77.2 Å². The van der Waals surface area contributed by atoms with Crippen molar-refractivity contribution in [1.82, 2.24) is 35.0 Å². The van der Waals surface area contributed by atoms with Gasteiger partial charge in [-0.05, 0) is 54.6 Å². The number of aromatic nitrogens is 7. The summed E-state index contributed by atoms with van der Waals surface area (Å²) < 4.78 is 3.71. The summed E-state index contributed by atoms with van der Waals surface area (Å²) in [5.74, 6) is 0. The Labute approximate surface area is 175 Å². The maximum absolute atomic E-state index is 6.18. The number of fused-ring (bicyclic) bond motifs is 2. The lowest BCUT2D eigenvalue weighted by Crippen LogP contribution is -1.99. The second kappa shape index (κ2) is 6.53. The van der Waals surface area contributed by atoms with Crippen LogP contribution in [0.3, 0.4) is 0 Å². The molecule has 7 nitrogen and oxygen atoms in total. The standard InChI is InChI=1S/C22H14ClN7/c23-16-2-1-3-17(11-16)29-21(8-9-25-29)14-5-7-19-22(10-14)30(28-27-19)18-6-4-15-13-24-26-20(15)12-18/h1-13H,(H,24,26). The first-order chi connectivity index (χ1) is 14.8. The Kier molecular flexibility index (Phi) is 3.69. The number of nitrogens with one attached hydrogen (secondary N) is 1. The summed E-state index contributed by atoms with van der Waals surface area (Å²) in [7, 11) is 0. The highest BCUT2D eigenvalue weighted by molar-refractivity contribution is 6.30. The van der Waals surface area contributed by atoms with Crippen LogP contribution >= 0.6 is 11.6 Å². The van der Waals surface area contributed by atoms with Gasteiger partial charge in [-0.25, -0.2) is 9.36 Å². The average Bonchev–Trinajstić information content (AvgIpc) is 3.51. The van der Waals surface area contributed by atoms with Gasteiger partial charge >= 0.3 is 0 Å². The van der Waals surface area contributed by atoms with Crippen LogP contribution in [0.15, 0.2) is 79.1 Å². The molecule has 0 bridgehead atoms. The third-order valence-electron chi connectivity index (χ3n) is 5.11. The molecule has 3 aromatic carbocycles. The molecule has 6 rings (SSSR count). The van der Waals surface area contributed by atoms with E-state index < -0.39 is 0 Å². The van der Waals surface area contributed by atoms with E-state index in [1.807, 2.05) is 70.0 Å². The van der Waals surface area contributed by atoms with Crippen molar-refractivity contribution in [3.8, 4) is 22.6 Å². The van der Waals surface area contributed by atoms with Gasteiger partial charge in [-0.15, -0.1) is 5.10 Å². The fraction of sp³-hybridized carbons (Fsp3) is 0. The molecule has 6 aromatic rings. The third-order valence-corrected chi connectivity index (χ3v) is 5.34. The van der Waals surface area contributed by atoms with E-state index in [1.54, 1.807) is 12.4 Å². The summed E-state index contributed by atoms with van der Waals surface area (Å²) in [6.07, 6.45) is 3.58. The second-order valence-corrected chi connectivity index (χ2v) is 7.39. The molecule has 1 N–H and O–H groups in total. The Morgan fingerprint density at radius 1 is 0.867 bits per heavy atom. The van der Waals surface area contributed by atoms with Crippen LogP contribution in [0.1, 0.15) is 0 Å². The Morgan fingerprint density at radius 3 is 2.73 bits per heavy atom. The minimum Gasteiger partial charge on any atom is -0.278 e. The van der Waals surface area contributed by atoms with Gasteiger partial charge in [0.1, 0.15) is 5.52 Å². The van der Waals surface area contributed by atoms with Crippen molar-refractivity contribution in [2.75, 3.05) is 0 Å². The Morgan fingerprint density at radius 2 is 1.80 bits per heavy atom. The molecule has 0 unspecified atom stereocenters. The average molecular weight is 412 g/mol. The highest BCUT2D eigenvalue weighted by Crippen LogP contribution is 2.28. The molecular weight excluding hydrogens is 398 g/mol. The molecule has 0 spiro atoms. The first kappa shape index (κ1) is 16.9. The number of nitrogens with zero attached hydrogens (tertiary/aromatic N) is 6. The van der Waals surface area contributed by atoms with Crippen LogP contribution in [0.4, 0.5) is 0 Å². The molecule has 8 heteroatoms. The SMILES string of the molecule is Clc1cccc(-n2nccc2-c2ccc3nnn(-c4ccc5cn[nH]c5c4)c3c2)c1. The van der Waals surface area contributed by atoms with Crippen molar-refractivity contribution in [3.63, 3.8) is 0 Å². The van der Waals surface area contributed by atoms with Gasteiger partial charge < -0.3 is 0 Å². The van der Waals surface area contributed by atoms with Crippen molar-refractivity contribution in [2.24, 2.45) is 0 Å². The van der Waals surface area contributed by atoms with E-state index in [-0.39, 0.29) is 0 Å². The van der Waals surface area contributed by atoms with E-state index in [1.165, 1.54) is 0 Å². The Hall–Kier alpha value is -3.97. The number of hydrogen-bond acceptors (Lipinski definition) is 4. The second-order valence-electron chi connectivity index (χ2n) is 6.95. The summed E-state index contributed by atoms with van der Waals surface area (Å²) in [6.45, 7) is 0. The van der Waals surface area contributed by atoms with Crippen molar-refractivity contribution in [1.29, 1.82) is 0 Å². The van der Waals surface area contributed by atoms with Gasteiger partial charge in [0.2, 0.25) is 0 Å². The van der Waals surface area contributed by atoms with Crippen LogP contribution in [-0.2, 0) is 0 Å². The number of benzene rings is 3. The van der Waals surface area contributed by atoms with Gasteiger partial charge in [0, 0.05) is 16.0 Å². The molecule has 0 amide bonds. The van der Waals surface area contributed by atoms with Gasteiger partial charge in [-0.3, -0.25) is 5.10 Å². The predicted octanol–water partition coefficient (Wildman–Crippen LogP) is 4.80. The zero-order chi connectivity index (χ0) is 20.1. The largest absolute Gasteiger partial charge is 0.278 e. The fourth-order valence-electron chi connectivity index (χ4n) is 3.66. The quantitative estimate of drug-likeness (QED) is 0.453. The molecule has 3 aromatic heterocycles.